The number of hydrogen-bond donors (Lipinski definition) is 0. The van der Waals surface area contributed by atoms with Crippen LogP contribution in [0.4, 0.5) is 0 Å². The van der Waals surface area contributed by atoms with E-state index in [1.165, 1.54) is 12.3 Å². The summed E-state index contributed by atoms with van der Waals surface area (Å²) in [5, 5.41) is 6.65. The van der Waals surface area contributed by atoms with Gasteiger partial charge in [-0.15, -0.1) is 5.10 Å². The number of halogens is 1. The van der Waals surface area contributed by atoms with Crippen molar-refractivity contribution in [1.82, 2.24) is 10.2 Å². The van der Waals surface area contributed by atoms with Crippen molar-refractivity contribution in [1.29, 1.82) is 0 Å². The van der Waals surface area contributed by atoms with Crippen molar-refractivity contribution in [3.05, 3.63) is 33.7 Å². The molecule has 0 aliphatic heterocycles. The van der Waals surface area contributed by atoms with Gasteiger partial charge in [0.25, 0.3) is 0 Å². The monoisotopic (exact) mass is 142 g/mol. The predicted octanol–water partition coefficient (Wildman–Crippen LogP) is 0.490. The maximum absolute atomic E-state index is 10.5. The molecule has 0 saturated carbocycles. The van der Waals surface area contributed by atoms with E-state index in [1.54, 1.807) is 6.07 Å². The second-order valence-electron chi connectivity index (χ2n) is 1.38. The minimum Gasteiger partial charge on any atom is -0.264 e. The van der Waals surface area contributed by atoms with Crippen molar-refractivity contribution in [2.45, 2.75) is 0 Å². The van der Waals surface area contributed by atoms with Gasteiger partial charge in [-0.05, 0) is 12.1 Å². The highest BCUT2D eigenvalue weighted by atomic mass is 35.5. The van der Waals surface area contributed by atoms with Crippen LogP contribution in [-0.4, -0.2) is 10.2 Å². The summed E-state index contributed by atoms with van der Waals surface area (Å²) in [7, 11) is 0. The Labute approximate surface area is 56.3 Å². The molecule has 0 saturated heterocycles. The first-order valence-corrected chi connectivity index (χ1v) is 2.66. The average molecular weight is 143 g/mol. The van der Waals surface area contributed by atoms with Crippen LogP contribution in [-0.2, 0) is 0 Å². The molecule has 3 nitrogen and oxygen atoms in total. The molecule has 4 heteroatoms. The van der Waals surface area contributed by atoms with Gasteiger partial charge < -0.3 is 0 Å². The first-order chi connectivity index (χ1) is 4.30. The molecule has 1 rings (SSSR count). The molecule has 0 fully saturated rings. The highest BCUT2D eigenvalue weighted by molar-refractivity contribution is 6.30. The number of aromatic nitrogens is 2. The third-order valence-corrected chi connectivity index (χ3v) is 1.04. The first-order valence-electron chi connectivity index (χ1n) is 2.28. The van der Waals surface area contributed by atoms with Gasteiger partial charge >= 0.3 is 5.56 Å². The maximum Gasteiger partial charge on any atom is 0.306 e. The zero-order valence-corrected chi connectivity index (χ0v) is 5.17. The van der Waals surface area contributed by atoms with Gasteiger partial charge in [0.15, 0.2) is 0 Å². The first kappa shape index (κ1) is 6.16. The molecule has 0 spiro atoms. The second kappa shape index (κ2) is 2.55. The molecule has 0 N–H and O–H groups in total. The van der Waals surface area contributed by atoms with Crippen LogP contribution < -0.4 is 5.56 Å². The van der Waals surface area contributed by atoms with Gasteiger partial charge in [-0.2, -0.15) is 5.10 Å². The summed E-state index contributed by atoms with van der Waals surface area (Å²) in [6, 6.07) is 3.00. The van der Waals surface area contributed by atoms with E-state index in [-0.39, 0.29) is 5.02 Å². The molecule has 1 heterocycles. The van der Waals surface area contributed by atoms with Gasteiger partial charge in [-0.3, -0.25) is 4.79 Å². The van der Waals surface area contributed by atoms with Crippen molar-refractivity contribution in [2.75, 3.05) is 0 Å². The molecular formula is C5H3ClN2O. The molecule has 0 aromatic carbocycles. The molecular weight excluding hydrogens is 140 g/mol. The molecule has 0 amide bonds. The molecule has 1 aromatic rings. The van der Waals surface area contributed by atoms with Crippen LogP contribution in [0, 0.1) is 0 Å². The van der Waals surface area contributed by atoms with E-state index in [4.69, 9.17) is 11.6 Å². The normalized spacial score (nSPS) is 9.00. The smallest absolute Gasteiger partial charge is 0.264 e. The van der Waals surface area contributed by atoms with Crippen LogP contribution in [0.25, 0.3) is 0 Å². The Morgan fingerprint density at radius 1 is 1.56 bits per heavy atom. The Balaban J connectivity index is 3.42. The van der Waals surface area contributed by atoms with Crippen LogP contribution in [0.1, 0.15) is 0 Å². The van der Waals surface area contributed by atoms with Gasteiger partial charge in [0.2, 0.25) is 0 Å². The largest absolute Gasteiger partial charge is 0.306 e. The summed E-state index contributed by atoms with van der Waals surface area (Å²) in [6.07, 6.45) is 1.40. The Hall–Kier alpha value is -0.960. The van der Waals surface area contributed by atoms with Gasteiger partial charge in [-0.1, -0.05) is 11.6 Å². The molecule has 46 valence electrons. The topological polar surface area (TPSA) is 42.9 Å². The van der Waals surface area contributed by atoms with Crippen molar-refractivity contribution in [3.8, 4) is 0 Å². The zero-order chi connectivity index (χ0) is 6.69. The fraction of sp³-hybridized carbons (Fsp3) is 0. The van der Waals surface area contributed by atoms with Crippen molar-refractivity contribution < 1.29 is 0 Å². The second-order valence-corrected chi connectivity index (χ2v) is 1.78. The van der Waals surface area contributed by atoms with E-state index in [2.05, 4.69) is 10.2 Å². The van der Waals surface area contributed by atoms with E-state index in [9.17, 15) is 4.79 Å². The molecule has 0 atom stereocenters. The van der Waals surface area contributed by atoms with Crippen LogP contribution in [0.15, 0.2) is 23.1 Å². The van der Waals surface area contributed by atoms with E-state index in [0.29, 0.717) is 0 Å². The summed E-state index contributed by atoms with van der Waals surface area (Å²) >= 11 is 5.38. The average Bonchev–Trinajstić information content (AvgIpc) is 1.99. The predicted molar refractivity (Wildman–Crippen MR) is 33.3 cm³/mol. The van der Waals surface area contributed by atoms with Crippen LogP contribution in [0.5, 0.6) is 0 Å². The van der Waals surface area contributed by atoms with E-state index < -0.39 is 5.56 Å². The molecule has 0 radical (unpaired) electrons. The standard InChI is InChI=1S/C5H3ClN2O/c6-4-2-1-3-7-8-5(4)9/h1-3H. The number of hydrogen-bond acceptors (Lipinski definition) is 3. The molecule has 9 heavy (non-hydrogen) atoms. The van der Waals surface area contributed by atoms with E-state index in [0.717, 1.165) is 0 Å². The van der Waals surface area contributed by atoms with Gasteiger partial charge in [0, 0.05) is 6.20 Å². The van der Waals surface area contributed by atoms with Gasteiger partial charge in [0.1, 0.15) is 5.02 Å². The van der Waals surface area contributed by atoms with Crippen molar-refractivity contribution >= 4 is 11.6 Å². The fourth-order valence-electron chi connectivity index (χ4n) is 0.371. The SMILES string of the molecule is O=c1nncccc1Cl. The van der Waals surface area contributed by atoms with Crippen LogP contribution >= 0.6 is 11.6 Å². The van der Waals surface area contributed by atoms with Gasteiger partial charge in [0.05, 0.1) is 0 Å². The molecule has 0 aliphatic rings. The van der Waals surface area contributed by atoms with E-state index in [1.807, 2.05) is 0 Å². The Bertz CT molecular complexity index is 263. The van der Waals surface area contributed by atoms with Gasteiger partial charge in [-0.25, -0.2) is 0 Å². The van der Waals surface area contributed by atoms with E-state index >= 15 is 0 Å². The summed E-state index contributed by atoms with van der Waals surface area (Å²) in [5.41, 5.74) is -0.498. The molecule has 1 aromatic heterocycles. The lowest BCUT2D eigenvalue weighted by atomic mass is 10.5. The third kappa shape index (κ3) is 1.47. The molecule has 0 aliphatic carbocycles. The Morgan fingerprint density at radius 3 is 3.11 bits per heavy atom. The minimum atomic E-state index is -0.498. The maximum atomic E-state index is 10.5. The lowest BCUT2D eigenvalue weighted by Gasteiger charge is -1.68. The zero-order valence-electron chi connectivity index (χ0n) is 4.41. The lowest BCUT2D eigenvalue weighted by molar-refractivity contribution is 1.01. The Kier molecular flexibility index (Phi) is 1.75. The van der Waals surface area contributed by atoms with Crippen molar-refractivity contribution in [2.24, 2.45) is 0 Å². The van der Waals surface area contributed by atoms with Crippen LogP contribution in [0.2, 0.25) is 5.02 Å². The fourth-order valence-corrected chi connectivity index (χ4v) is 0.481. The lowest BCUT2D eigenvalue weighted by Crippen LogP contribution is -2.02. The summed E-state index contributed by atoms with van der Waals surface area (Å²) in [5.74, 6) is 0. The summed E-state index contributed by atoms with van der Waals surface area (Å²) in [4.78, 5) is 10.5. The third-order valence-electron chi connectivity index (χ3n) is 0.748. The summed E-state index contributed by atoms with van der Waals surface area (Å²) in [6.45, 7) is 0. The number of nitrogens with zero attached hydrogens (tertiary/aromatic N) is 2. The summed E-state index contributed by atoms with van der Waals surface area (Å²) < 4.78 is 0. The molecule has 0 unspecified atom stereocenters. The highest BCUT2D eigenvalue weighted by Gasteiger charge is 1.88. The minimum absolute atomic E-state index is 0.0903. The quantitative estimate of drug-likeness (QED) is 0.530. The van der Waals surface area contributed by atoms with Crippen molar-refractivity contribution in [3.63, 3.8) is 0 Å². The highest BCUT2D eigenvalue weighted by Crippen LogP contribution is 1.93. The number of rotatable bonds is 0. The Morgan fingerprint density at radius 2 is 2.33 bits per heavy atom. The van der Waals surface area contributed by atoms with Crippen LogP contribution in [0.3, 0.4) is 0 Å². The molecule has 0 bridgehead atoms.